The lowest BCUT2D eigenvalue weighted by molar-refractivity contribution is -0.107. The fourth-order valence-corrected chi connectivity index (χ4v) is 4.02. The van der Waals surface area contributed by atoms with E-state index in [1.165, 1.54) is 23.9 Å². The Kier molecular flexibility index (Phi) is 7.90. The quantitative estimate of drug-likeness (QED) is 0.228. The number of thioether (sulfide) groups is 2. The molecule has 0 N–H and O–H groups in total. The highest BCUT2D eigenvalue weighted by atomic mass is 32.2. The van der Waals surface area contributed by atoms with Crippen LogP contribution in [0.5, 0.6) is 0 Å². The number of alkyl halides is 2. The molecule has 0 aliphatic heterocycles. The smallest absolute Gasteiger partial charge is 0.337 e. The van der Waals surface area contributed by atoms with Gasteiger partial charge >= 0.3 is 5.63 Å². The van der Waals surface area contributed by atoms with Crippen molar-refractivity contribution < 1.29 is 18.0 Å². The molecule has 0 spiro atoms. The van der Waals surface area contributed by atoms with Crippen LogP contribution in [0.4, 0.5) is 8.78 Å². The Balaban J connectivity index is 1.78. The summed E-state index contributed by atoms with van der Waals surface area (Å²) >= 11 is 2.40. The van der Waals surface area contributed by atoms with Crippen LogP contribution >= 0.6 is 23.5 Å². The minimum atomic E-state index is -2.74. The van der Waals surface area contributed by atoms with Crippen molar-refractivity contribution in [2.45, 2.75) is 36.5 Å². The molecule has 0 saturated carbocycles. The molecule has 2 aromatic rings. The molecule has 1 aromatic heterocycles. The molecule has 1 aromatic carbocycles. The van der Waals surface area contributed by atoms with Gasteiger partial charge in [0.15, 0.2) is 0 Å². The number of rotatable bonds is 10. The summed E-state index contributed by atoms with van der Waals surface area (Å²) in [6.07, 6.45) is 1.38. The molecule has 3 nitrogen and oxygen atoms in total. The molecule has 0 saturated heterocycles. The molecular weight excluding hydrogens is 378 g/mol. The Morgan fingerprint density at radius 1 is 1.19 bits per heavy atom. The third-order valence-electron chi connectivity index (χ3n) is 3.65. The van der Waals surface area contributed by atoms with E-state index < -0.39 is 11.5 Å². The molecule has 0 atom stereocenters. The van der Waals surface area contributed by atoms with Crippen molar-refractivity contribution in [1.82, 2.24) is 0 Å². The highest BCUT2D eigenvalue weighted by Crippen LogP contribution is 2.31. The zero-order chi connectivity index (χ0) is 19.0. The summed E-state index contributed by atoms with van der Waals surface area (Å²) in [4.78, 5) is 23.4. The first kappa shape index (κ1) is 20.7. The molecule has 140 valence electrons. The predicted octanol–water partition coefficient (Wildman–Crippen LogP) is 5.53. The first-order chi connectivity index (χ1) is 12.4. The second kappa shape index (κ2) is 9.92. The molecule has 0 bridgehead atoms. The summed E-state index contributed by atoms with van der Waals surface area (Å²) in [6, 6.07) is 8.58. The van der Waals surface area contributed by atoms with Crippen LogP contribution in [-0.2, 0) is 4.79 Å². The highest BCUT2D eigenvalue weighted by molar-refractivity contribution is 8.14. The number of para-hydroxylation sites is 1. The number of carbonyl (C=O) groups excluding carboxylic acids is 1. The van der Waals surface area contributed by atoms with E-state index in [9.17, 15) is 18.4 Å². The minimum Gasteiger partial charge on any atom is -0.423 e. The Morgan fingerprint density at radius 2 is 1.88 bits per heavy atom. The summed E-state index contributed by atoms with van der Waals surface area (Å²) in [6.45, 7) is 3.34. The lowest BCUT2D eigenvalue weighted by Gasteiger charge is -2.15. The van der Waals surface area contributed by atoms with Crippen molar-refractivity contribution in [3.63, 3.8) is 0 Å². The Bertz CT molecular complexity index is 818. The van der Waals surface area contributed by atoms with Crippen molar-refractivity contribution in [2.24, 2.45) is 0 Å². The van der Waals surface area contributed by atoms with Gasteiger partial charge < -0.3 is 4.42 Å². The van der Waals surface area contributed by atoms with Gasteiger partial charge in [-0.1, -0.05) is 36.5 Å². The molecule has 2 rings (SSSR count). The van der Waals surface area contributed by atoms with E-state index in [-0.39, 0.29) is 24.4 Å². The molecule has 0 unspecified atom stereocenters. The highest BCUT2D eigenvalue weighted by Gasteiger charge is 2.27. The summed E-state index contributed by atoms with van der Waals surface area (Å²) in [5.41, 5.74) is 0.0579. The lowest BCUT2D eigenvalue weighted by atomic mass is 10.1. The van der Waals surface area contributed by atoms with Gasteiger partial charge in [-0.05, 0) is 30.7 Å². The van der Waals surface area contributed by atoms with Crippen LogP contribution in [-0.4, -0.2) is 22.5 Å². The van der Waals surface area contributed by atoms with E-state index in [0.717, 1.165) is 22.0 Å². The first-order valence-corrected chi connectivity index (χ1v) is 10.2. The van der Waals surface area contributed by atoms with Crippen LogP contribution in [0.1, 0.15) is 25.7 Å². The van der Waals surface area contributed by atoms with Crippen molar-refractivity contribution in [3.8, 4) is 0 Å². The van der Waals surface area contributed by atoms with Gasteiger partial charge in [0.25, 0.3) is 0 Å². The Labute approximate surface area is 159 Å². The van der Waals surface area contributed by atoms with Crippen molar-refractivity contribution >= 4 is 39.6 Å². The maximum Gasteiger partial charge on any atom is 0.337 e. The molecule has 0 radical (unpaired) electrons. The molecule has 0 aliphatic rings. The van der Waals surface area contributed by atoms with E-state index in [0.29, 0.717) is 23.5 Å². The third-order valence-corrected chi connectivity index (χ3v) is 5.74. The van der Waals surface area contributed by atoms with E-state index in [4.69, 9.17) is 4.42 Å². The van der Waals surface area contributed by atoms with Crippen LogP contribution in [0.2, 0.25) is 0 Å². The van der Waals surface area contributed by atoms with Gasteiger partial charge in [0.2, 0.25) is 11.0 Å². The minimum absolute atomic E-state index is 0.190. The topological polar surface area (TPSA) is 47.3 Å². The van der Waals surface area contributed by atoms with Gasteiger partial charge in [-0.2, -0.15) is 0 Å². The fourth-order valence-electron chi connectivity index (χ4n) is 2.40. The number of halogens is 2. The van der Waals surface area contributed by atoms with Gasteiger partial charge in [0.05, 0.1) is 0 Å². The van der Waals surface area contributed by atoms with Crippen LogP contribution < -0.4 is 5.63 Å². The van der Waals surface area contributed by atoms with Crippen molar-refractivity contribution in [3.05, 3.63) is 53.4 Å². The normalized spacial score (nSPS) is 11.6. The summed E-state index contributed by atoms with van der Waals surface area (Å²) in [5.74, 6) is -1.87. The van der Waals surface area contributed by atoms with Crippen molar-refractivity contribution in [2.75, 3.05) is 11.5 Å². The van der Waals surface area contributed by atoms with Crippen LogP contribution in [0.25, 0.3) is 11.0 Å². The number of benzene rings is 1. The SMILES string of the molecule is C=CC(=O)SCCCC(F)(F)CCCSc1cc(=O)oc2ccccc12. The predicted molar refractivity (Wildman–Crippen MR) is 104 cm³/mol. The Hall–Kier alpha value is -1.60. The van der Waals surface area contributed by atoms with Gasteiger partial charge in [-0.15, -0.1) is 11.8 Å². The monoisotopic (exact) mass is 398 g/mol. The second-order valence-electron chi connectivity index (χ2n) is 5.71. The number of hydrogen-bond acceptors (Lipinski definition) is 5. The fraction of sp³-hybridized carbons (Fsp3) is 0.368. The van der Waals surface area contributed by atoms with E-state index in [2.05, 4.69) is 6.58 Å². The largest absolute Gasteiger partial charge is 0.423 e. The lowest BCUT2D eigenvalue weighted by Crippen LogP contribution is -2.16. The molecule has 1 heterocycles. The molecule has 26 heavy (non-hydrogen) atoms. The zero-order valence-electron chi connectivity index (χ0n) is 14.2. The third kappa shape index (κ3) is 6.61. The van der Waals surface area contributed by atoms with Crippen LogP contribution in [0.3, 0.4) is 0 Å². The number of hydrogen-bond donors (Lipinski definition) is 0. The summed E-state index contributed by atoms with van der Waals surface area (Å²) in [7, 11) is 0. The van der Waals surface area contributed by atoms with E-state index in [1.54, 1.807) is 12.1 Å². The average Bonchev–Trinajstić information content (AvgIpc) is 2.62. The molecular formula is C19H20F2O3S2. The summed E-state index contributed by atoms with van der Waals surface area (Å²) < 4.78 is 32.9. The van der Waals surface area contributed by atoms with Gasteiger partial charge in [-0.25, -0.2) is 13.6 Å². The van der Waals surface area contributed by atoms with Crippen LogP contribution in [0.15, 0.2) is 57.1 Å². The maximum atomic E-state index is 13.9. The number of fused-ring (bicyclic) bond motifs is 1. The van der Waals surface area contributed by atoms with Crippen molar-refractivity contribution in [1.29, 1.82) is 0 Å². The number of carbonyl (C=O) groups is 1. The second-order valence-corrected chi connectivity index (χ2v) is 7.95. The standard InChI is InChI=1S/C19H20F2O3S2/c1-2-18(23)26-12-6-10-19(20,21)9-5-11-25-16-13-17(22)24-15-8-4-3-7-14(15)16/h2-4,7-8,13H,1,5-6,9-12H2. The summed E-state index contributed by atoms with van der Waals surface area (Å²) in [5, 5.41) is 0.622. The first-order valence-electron chi connectivity index (χ1n) is 8.24. The molecule has 0 aliphatic carbocycles. The average molecular weight is 398 g/mol. The molecule has 7 heteroatoms. The van der Waals surface area contributed by atoms with Gasteiger partial charge in [0.1, 0.15) is 5.58 Å². The van der Waals surface area contributed by atoms with Crippen LogP contribution in [0, 0.1) is 0 Å². The zero-order valence-corrected chi connectivity index (χ0v) is 15.8. The molecule has 0 fully saturated rings. The van der Waals surface area contributed by atoms with Gasteiger partial charge in [-0.3, -0.25) is 4.79 Å². The van der Waals surface area contributed by atoms with E-state index in [1.807, 2.05) is 12.1 Å². The molecule has 0 amide bonds. The van der Waals surface area contributed by atoms with Gasteiger partial charge in [0, 0.05) is 34.9 Å². The van der Waals surface area contributed by atoms with E-state index >= 15 is 0 Å². The Morgan fingerprint density at radius 3 is 2.62 bits per heavy atom. The maximum absolute atomic E-state index is 13.9.